The van der Waals surface area contributed by atoms with E-state index in [1.807, 2.05) is 14.0 Å². The number of hydrogen-bond acceptors (Lipinski definition) is 4. The highest BCUT2D eigenvalue weighted by atomic mass is 35.5. The molecule has 0 amide bonds. The molecule has 0 spiro atoms. The number of aromatic nitrogens is 5. The number of nitrogens with zero attached hydrogens (tertiary/aromatic N) is 4. The Morgan fingerprint density at radius 3 is 2.36 bits per heavy atom. The predicted molar refractivity (Wildman–Crippen MR) is 56.0 cm³/mol. The third-order valence-corrected chi connectivity index (χ3v) is 1.38. The summed E-state index contributed by atoms with van der Waals surface area (Å²) in [6, 6.07) is 0. The molecule has 3 N–H and O–H groups in total. The van der Waals surface area contributed by atoms with Crippen LogP contribution in [0.5, 0.6) is 0 Å². The Kier molecular flexibility index (Phi) is 5.31. The predicted octanol–water partition coefficient (Wildman–Crippen LogP) is 0.537. The average molecular weight is 217 g/mol. The van der Waals surface area contributed by atoms with Crippen LogP contribution in [0.2, 0.25) is 0 Å². The molecule has 2 rings (SSSR count). The lowest BCUT2D eigenvalue weighted by molar-refractivity contribution is 0.756. The molecule has 0 aromatic carbocycles. The summed E-state index contributed by atoms with van der Waals surface area (Å²) >= 11 is 0. The molecule has 2 aromatic rings. The second-order valence-corrected chi connectivity index (χ2v) is 2.50. The molecule has 14 heavy (non-hydrogen) atoms. The van der Waals surface area contributed by atoms with Crippen molar-refractivity contribution in [3.05, 3.63) is 24.3 Å². The fourth-order valence-corrected chi connectivity index (χ4v) is 0.785. The molecule has 0 saturated carbocycles. The number of hydrogen-bond donors (Lipinski definition) is 2. The molecule has 0 fully saturated rings. The summed E-state index contributed by atoms with van der Waals surface area (Å²) in [5.41, 5.74) is 7.11. The van der Waals surface area contributed by atoms with Crippen LogP contribution in [-0.4, -0.2) is 25.2 Å². The van der Waals surface area contributed by atoms with Gasteiger partial charge in [-0.25, -0.2) is 0 Å². The van der Waals surface area contributed by atoms with Gasteiger partial charge >= 0.3 is 0 Å². The van der Waals surface area contributed by atoms with Crippen molar-refractivity contribution in [1.82, 2.24) is 25.2 Å². The molecule has 0 radical (unpaired) electrons. The van der Waals surface area contributed by atoms with E-state index < -0.39 is 0 Å². The number of aromatic amines is 1. The van der Waals surface area contributed by atoms with E-state index in [0.717, 1.165) is 11.4 Å². The second kappa shape index (κ2) is 5.98. The van der Waals surface area contributed by atoms with Crippen molar-refractivity contribution >= 4 is 18.1 Å². The monoisotopic (exact) mass is 216 g/mol. The number of halogens is 1. The molecule has 0 atom stereocenters. The second-order valence-electron chi connectivity index (χ2n) is 2.50. The first-order chi connectivity index (χ1) is 6.20. The Labute approximate surface area is 87.9 Å². The van der Waals surface area contributed by atoms with E-state index in [1.165, 1.54) is 0 Å². The van der Waals surface area contributed by atoms with Gasteiger partial charge in [0.25, 0.3) is 0 Å². The number of nitrogens with two attached hydrogens (primary N) is 1. The summed E-state index contributed by atoms with van der Waals surface area (Å²) in [5.74, 6) is 0. The average Bonchev–Trinajstić information content (AvgIpc) is 2.66. The van der Waals surface area contributed by atoms with Crippen LogP contribution in [0.15, 0.2) is 18.6 Å². The fourth-order valence-electron chi connectivity index (χ4n) is 0.785. The maximum absolute atomic E-state index is 5.46. The molecule has 0 unspecified atom stereocenters. The van der Waals surface area contributed by atoms with Crippen molar-refractivity contribution in [3.63, 3.8) is 0 Å². The summed E-state index contributed by atoms with van der Waals surface area (Å²) in [5, 5.41) is 13.3. The van der Waals surface area contributed by atoms with E-state index in [0.29, 0.717) is 0 Å². The number of nitrogen functional groups attached to an aromatic ring is 1. The van der Waals surface area contributed by atoms with Crippen molar-refractivity contribution in [2.75, 3.05) is 5.73 Å². The molecule has 2 aromatic heterocycles. The lowest BCUT2D eigenvalue weighted by Crippen LogP contribution is -1.86. The maximum atomic E-state index is 5.46. The van der Waals surface area contributed by atoms with Crippen molar-refractivity contribution in [2.24, 2.45) is 7.05 Å². The molecular formula is C7H13ClN6. The number of rotatable bonds is 0. The number of anilines is 1. The Balaban J connectivity index is 0.000000246. The highest BCUT2D eigenvalue weighted by Crippen LogP contribution is 2.03. The maximum Gasteiger partial charge on any atom is 0.0822 e. The minimum absolute atomic E-state index is 0. The summed E-state index contributed by atoms with van der Waals surface area (Å²) in [6.07, 6.45) is 5.02. The first-order valence-corrected chi connectivity index (χ1v) is 3.76. The van der Waals surface area contributed by atoms with Gasteiger partial charge in [-0.2, -0.15) is 5.10 Å². The molecule has 6 nitrogen and oxygen atoms in total. The van der Waals surface area contributed by atoms with Crippen LogP contribution in [0.3, 0.4) is 0 Å². The molecule has 7 heteroatoms. The Morgan fingerprint density at radius 1 is 1.50 bits per heavy atom. The lowest BCUT2D eigenvalue weighted by Gasteiger charge is -1.79. The summed E-state index contributed by atoms with van der Waals surface area (Å²) in [7, 11) is 1.85. The first kappa shape index (κ1) is 12.4. The molecule has 2 heterocycles. The van der Waals surface area contributed by atoms with Crippen LogP contribution in [0.4, 0.5) is 5.69 Å². The van der Waals surface area contributed by atoms with Gasteiger partial charge in [-0.15, -0.1) is 17.5 Å². The number of H-pyrrole nitrogens is 1. The zero-order valence-electron chi connectivity index (χ0n) is 8.01. The van der Waals surface area contributed by atoms with Crippen LogP contribution in [-0.2, 0) is 7.05 Å². The van der Waals surface area contributed by atoms with Crippen molar-refractivity contribution in [2.45, 2.75) is 6.92 Å². The van der Waals surface area contributed by atoms with Gasteiger partial charge in [-0.1, -0.05) is 5.21 Å². The van der Waals surface area contributed by atoms with Crippen LogP contribution >= 0.6 is 12.4 Å². The molecular weight excluding hydrogens is 204 g/mol. The van der Waals surface area contributed by atoms with Crippen LogP contribution < -0.4 is 5.73 Å². The topological polar surface area (TPSA) is 85.4 Å². The largest absolute Gasteiger partial charge is 0.396 e. The zero-order valence-corrected chi connectivity index (χ0v) is 8.82. The van der Waals surface area contributed by atoms with Gasteiger partial charge in [0, 0.05) is 19.4 Å². The van der Waals surface area contributed by atoms with Gasteiger partial charge in [-0.05, 0) is 6.92 Å². The van der Waals surface area contributed by atoms with E-state index in [9.17, 15) is 0 Å². The van der Waals surface area contributed by atoms with Crippen molar-refractivity contribution < 1.29 is 0 Å². The van der Waals surface area contributed by atoms with Gasteiger partial charge < -0.3 is 5.73 Å². The van der Waals surface area contributed by atoms with Gasteiger partial charge in [0.05, 0.1) is 17.6 Å². The molecule has 0 aliphatic carbocycles. The molecule has 0 saturated heterocycles. The van der Waals surface area contributed by atoms with Gasteiger partial charge in [0.1, 0.15) is 0 Å². The highest BCUT2D eigenvalue weighted by molar-refractivity contribution is 5.85. The van der Waals surface area contributed by atoms with Crippen LogP contribution in [0, 0.1) is 6.92 Å². The van der Waals surface area contributed by atoms with E-state index in [2.05, 4.69) is 20.5 Å². The SMILES string of the molecule is Cc1nn(C)cc1N.Cl.c1c[nH]nn1. The first-order valence-electron chi connectivity index (χ1n) is 3.76. The van der Waals surface area contributed by atoms with E-state index in [-0.39, 0.29) is 12.4 Å². The molecule has 0 aliphatic rings. The quantitative estimate of drug-likeness (QED) is 0.673. The smallest absolute Gasteiger partial charge is 0.0822 e. The standard InChI is InChI=1S/C5H9N3.C2H3N3.ClH/c1-4-5(6)3-8(2)7-4;1-2-4-5-3-1;/h3H,6H2,1-2H3;1-2H,(H,3,4,5);1H. The summed E-state index contributed by atoms with van der Waals surface area (Å²) in [6.45, 7) is 1.88. The van der Waals surface area contributed by atoms with Crippen molar-refractivity contribution in [1.29, 1.82) is 0 Å². The summed E-state index contributed by atoms with van der Waals surface area (Å²) < 4.78 is 1.70. The van der Waals surface area contributed by atoms with E-state index >= 15 is 0 Å². The molecule has 0 bridgehead atoms. The minimum Gasteiger partial charge on any atom is -0.396 e. The van der Waals surface area contributed by atoms with Gasteiger partial charge in [-0.3, -0.25) is 9.78 Å². The zero-order chi connectivity index (χ0) is 9.68. The van der Waals surface area contributed by atoms with E-state index in [4.69, 9.17) is 5.73 Å². The Morgan fingerprint density at radius 2 is 2.21 bits per heavy atom. The third-order valence-electron chi connectivity index (χ3n) is 1.38. The Bertz CT molecular complexity index is 304. The normalized spacial score (nSPS) is 8.43. The van der Waals surface area contributed by atoms with Crippen LogP contribution in [0.25, 0.3) is 0 Å². The highest BCUT2D eigenvalue weighted by Gasteiger charge is 1.93. The molecule has 0 aliphatic heterocycles. The van der Waals surface area contributed by atoms with E-state index in [1.54, 1.807) is 23.3 Å². The minimum atomic E-state index is 0. The lowest BCUT2D eigenvalue weighted by atomic mass is 10.4. The van der Waals surface area contributed by atoms with Crippen LogP contribution in [0.1, 0.15) is 5.69 Å². The van der Waals surface area contributed by atoms with Gasteiger partial charge in [0.2, 0.25) is 0 Å². The van der Waals surface area contributed by atoms with Gasteiger partial charge in [0.15, 0.2) is 0 Å². The number of aryl methyl sites for hydroxylation is 2. The number of nitrogens with one attached hydrogen (secondary N) is 1. The third kappa shape index (κ3) is 3.90. The molecule has 78 valence electrons. The van der Waals surface area contributed by atoms with Crippen molar-refractivity contribution in [3.8, 4) is 0 Å². The summed E-state index contributed by atoms with van der Waals surface area (Å²) in [4.78, 5) is 0. The Hall–Kier alpha value is -1.56. The fraction of sp³-hybridized carbons (Fsp3) is 0.286.